The minimum absolute atomic E-state index is 0.00296. The van der Waals surface area contributed by atoms with E-state index >= 15 is 0 Å². The molecule has 0 unspecified atom stereocenters. The van der Waals surface area contributed by atoms with Gasteiger partial charge >= 0.3 is 6.03 Å². The van der Waals surface area contributed by atoms with Crippen molar-refractivity contribution in [2.75, 3.05) is 25.0 Å². The number of para-hydroxylation sites is 1. The topological polar surface area (TPSA) is 44.4 Å². The Morgan fingerprint density at radius 2 is 1.65 bits per heavy atom. The van der Waals surface area contributed by atoms with Crippen molar-refractivity contribution in [3.05, 3.63) is 66.2 Å². The second kappa shape index (κ2) is 8.83. The molecule has 0 aliphatic rings. The van der Waals surface area contributed by atoms with Crippen molar-refractivity contribution in [3.63, 3.8) is 0 Å². The molecule has 0 aliphatic heterocycles. The summed E-state index contributed by atoms with van der Waals surface area (Å²) in [6, 6.07) is 20.1. The fraction of sp³-hybridized carbons (Fsp3) is 0.316. The Bertz CT molecular complexity index is 586. The quantitative estimate of drug-likeness (QED) is 0.768. The van der Waals surface area contributed by atoms with E-state index in [0.717, 1.165) is 18.5 Å². The lowest BCUT2D eigenvalue weighted by Gasteiger charge is -2.19. The smallest absolute Gasteiger partial charge is 0.315 e. The van der Waals surface area contributed by atoms with Gasteiger partial charge in [-0.25, -0.2) is 4.79 Å². The Morgan fingerprint density at radius 3 is 2.30 bits per heavy atom. The number of carbonyl (C=O) groups excluding carboxylic acids is 1. The van der Waals surface area contributed by atoms with Gasteiger partial charge in [0.15, 0.2) is 0 Å². The molecule has 4 heteroatoms. The molecule has 0 saturated carbocycles. The summed E-state index contributed by atoms with van der Waals surface area (Å²) < 4.78 is 0. The third-order valence-electron chi connectivity index (χ3n) is 3.80. The van der Waals surface area contributed by atoms with Crippen LogP contribution in [0.15, 0.2) is 60.7 Å². The highest BCUT2D eigenvalue weighted by atomic mass is 16.2. The number of hydrogen-bond acceptors (Lipinski definition) is 2. The second-order valence-corrected chi connectivity index (χ2v) is 5.64. The maximum absolute atomic E-state index is 11.9. The maximum Gasteiger partial charge on any atom is 0.315 e. The first-order valence-electron chi connectivity index (χ1n) is 8.02. The summed E-state index contributed by atoms with van der Waals surface area (Å²) in [5.41, 5.74) is 2.29. The van der Waals surface area contributed by atoms with E-state index in [9.17, 15) is 4.79 Å². The maximum atomic E-state index is 11.9. The summed E-state index contributed by atoms with van der Waals surface area (Å²) in [7, 11) is 2.06. The van der Waals surface area contributed by atoms with Crippen LogP contribution in [0.4, 0.5) is 10.5 Å². The molecule has 0 bridgehead atoms. The van der Waals surface area contributed by atoms with Crippen LogP contribution in [0, 0.1) is 0 Å². The second-order valence-electron chi connectivity index (χ2n) is 5.64. The Labute approximate surface area is 138 Å². The molecular weight excluding hydrogens is 286 g/mol. The van der Waals surface area contributed by atoms with Crippen molar-refractivity contribution in [2.24, 2.45) is 0 Å². The normalized spacial score (nSPS) is 11.6. The summed E-state index contributed by atoms with van der Waals surface area (Å²) >= 11 is 0. The van der Waals surface area contributed by atoms with Crippen LogP contribution >= 0.6 is 0 Å². The van der Waals surface area contributed by atoms with Crippen LogP contribution in [-0.2, 0) is 0 Å². The highest BCUT2D eigenvalue weighted by Gasteiger charge is 2.08. The predicted molar refractivity (Wildman–Crippen MR) is 95.7 cm³/mol. The van der Waals surface area contributed by atoms with Gasteiger partial charge in [0.2, 0.25) is 0 Å². The Balaban J connectivity index is 1.65. The molecule has 0 radical (unpaired) electrons. The summed E-state index contributed by atoms with van der Waals surface area (Å²) in [6.45, 7) is 3.54. The van der Waals surface area contributed by atoms with E-state index in [4.69, 9.17) is 0 Å². The molecule has 0 spiro atoms. The van der Waals surface area contributed by atoms with Crippen molar-refractivity contribution in [1.29, 1.82) is 0 Å². The van der Waals surface area contributed by atoms with Gasteiger partial charge in [0.05, 0.1) is 6.04 Å². The van der Waals surface area contributed by atoms with Gasteiger partial charge in [-0.3, -0.25) is 0 Å². The highest BCUT2D eigenvalue weighted by Crippen LogP contribution is 2.11. The number of amides is 2. The molecule has 0 fully saturated rings. The monoisotopic (exact) mass is 311 g/mol. The summed E-state index contributed by atoms with van der Waals surface area (Å²) in [5, 5.41) is 5.87. The van der Waals surface area contributed by atoms with Crippen molar-refractivity contribution in [1.82, 2.24) is 10.6 Å². The van der Waals surface area contributed by atoms with Crippen molar-refractivity contribution in [2.45, 2.75) is 19.4 Å². The predicted octanol–water partition coefficient (Wildman–Crippen LogP) is 3.57. The zero-order valence-electron chi connectivity index (χ0n) is 13.8. The first kappa shape index (κ1) is 16.9. The molecule has 2 amide bonds. The van der Waals surface area contributed by atoms with Gasteiger partial charge < -0.3 is 15.5 Å². The minimum atomic E-state index is -0.122. The lowest BCUT2D eigenvalue weighted by Crippen LogP contribution is -2.38. The molecule has 0 heterocycles. The SMILES string of the molecule is C[C@H](NC(=O)NCCCN(C)c1ccccc1)c1ccccc1. The van der Waals surface area contributed by atoms with Crippen molar-refractivity contribution >= 4 is 11.7 Å². The van der Waals surface area contributed by atoms with Gasteiger partial charge in [0, 0.05) is 25.8 Å². The summed E-state index contributed by atoms with van der Waals surface area (Å²) in [4.78, 5) is 14.1. The zero-order chi connectivity index (χ0) is 16.5. The molecule has 0 aliphatic carbocycles. The number of nitrogens with one attached hydrogen (secondary N) is 2. The number of rotatable bonds is 7. The van der Waals surface area contributed by atoms with Crippen LogP contribution in [0.3, 0.4) is 0 Å². The molecule has 122 valence electrons. The molecule has 2 N–H and O–H groups in total. The zero-order valence-corrected chi connectivity index (χ0v) is 13.8. The van der Waals surface area contributed by atoms with Crippen LogP contribution < -0.4 is 15.5 Å². The van der Waals surface area contributed by atoms with Gasteiger partial charge in [-0.15, -0.1) is 0 Å². The summed E-state index contributed by atoms with van der Waals surface area (Å²) in [6.07, 6.45) is 0.901. The molecular formula is C19H25N3O. The van der Waals surface area contributed by atoms with Crippen LogP contribution in [0.25, 0.3) is 0 Å². The standard InChI is InChI=1S/C19H25N3O/c1-16(17-10-5-3-6-11-17)21-19(23)20-14-9-15-22(2)18-12-7-4-8-13-18/h3-8,10-13,16H,9,14-15H2,1-2H3,(H2,20,21,23)/t16-/m0/s1. The van der Waals surface area contributed by atoms with Crippen LogP contribution in [-0.4, -0.2) is 26.2 Å². The van der Waals surface area contributed by atoms with E-state index in [-0.39, 0.29) is 12.1 Å². The number of benzene rings is 2. The van der Waals surface area contributed by atoms with Gasteiger partial charge in [0.1, 0.15) is 0 Å². The minimum Gasteiger partial charge on any atom is -0.375 e. The lowest BCUT2D eigenvalue weighted by atomic mass is 10.1. The van der Waals surface area contributed by atoms with E-state index in [1.165, 1.54) is 5.69 Å². The van der Waals surface area contributed by atoms with Gasteiger partial charge in [0.25, 0.3) is 0 Å². The Kier molecular flexibility index (Phi) is 6.48. The number of hydrogen-bond donors (Lipinski definition) is 2. The van der Waals surface area contributed by atoms with E-state index in [1.54, 1.807) is 0 Å². The van der Waals surface area contributed by atoms with Crippen LogP contribution in [0.1, 0.15) is 24.9 Å². The molecule has 2 aromatic rings. The molecule has 23 heavy (non-hydrogen) atoms. The largest absolute Gasteiger partial charge is 0.375 e. The fourth-order valence-corrected chi connectivity index (χ4v) is 2.40. The third-order valence-corrected chi connectivity index (χ3v) is 3.80. The van der Waals surface area contributed by atoms with E-state index in [1.807, 2.05) is 55.5 Å². The van der Waals surface area contributed by atoms with Gasteiger partial charge in [-0.2, -0.15) is 0 Å². The summed E-state index contributed by atoms with van der Waals surface area (Å²) in [5.74, 6) is 0. The van der Waals surface area contributed by atoms with Crippen molar-refractivity contribution in [3.8, 4) is 0 Å². The Hall–Kier alpha value is -2.49. The van der Waals surface area contributed by atoms with Crippen LogP contribution in [0.5, 0.6) is 0 Å². The average molecular weight is 311 g/mol. The van der Waals surface area contributed by atoms with Gasteiger partial charge in [-0.1, -0.05) is 48.5 Å². The fourth-order valence-electron chi connectivity index (χ4n) is 2.40. The van der Waals surface area contributed by atoms with Gasteiger partial charge in [-0.05, 0) is 31.0 Å². The molecule has 4 nitrogen and oxygen atoms in total. The number of nitrogens with zero attached hydrogens (tertiary/aromatic N) is 1. The molecule has 2 aromatic carbocycles. The number of urea groups is 1. The lowest BCUT2D eigenvalue weighted by molar-refractivity contribution is 0.238. The molecule has 1 atom stereocenters. The van der Waals surface area contributed by atoms with Crippen molar-refractivity contribution < 1.29 is 4.79 Å². The first-order valence-corrected chi connectivity index (χ1v) is 8.02. The first-order chi connectivity index (χ1) is 11.2. The van der Waals surface area contributed by atoms with E-state index in [0.29, 0.717) is 6.54 Å². The number of anilines is 1. The van der Waals surface area contributed by atoms with Crippen LogP contribution in [0.2, 0.25) is 0 Å². The Morgan fingerprint density at radius 1 is 1.04 bits per heavy atom. The van der Waals surface area contributed by atoms with E-state index < -0.39 is 0 Å². The molecule has 2 rings (SSSR count). The average Bonchev–Trinajstić information content (AvgIpc) is 2.60. The van der Waals surface area contributed by atoms with E-state index in [2.05, 4.69) is 34.7 Å². The molecule has 0 aromatic heterocycles. The highest BCUT2D eigenvalue weighted by molar-refractivity contribution is 5.74. The molecule has 0 saturated heterocycles. The number of carbonyl (C=O) groups is 1. The third kappa shape index (κ3) is 5.66.